The Morgan fingerprint density at radius 2 is 1.87 bits per heavy atom. The van der Waals surface area contributed by atoms with Gasteiger partial charge in [0.2, 0.25) is 0 Å². The van der Waals surface area contributed by atoms with Crippen LogP contribution >= 0.6 is 0 Å². The van der Waals surface area contributed by atoms with E-state index in [1.165, 1.54) is 25.7 Å². The minimum atomic E-state index is -0.456. The van der Waals surface area contributed by atoms with Gasteiger partial charge in [-0.1, -0.05) is 40.7 Å². The number of carbonyl (C=O) groups excluding carboxylic acids is 2. The summed E-state index contributed by atoms with van der Waals surface area (Å²) in [7, 11) is 0. The standard InChI is InChI=1S/C27H40O3/c1-16(2)24(29)9-6-17(3)20-7-8-21-19-15-25(30)23-14-18(28)10-12-27(23,5)22(19)11-13-26(20,21)4/h6,9,14,16-17,19-22,25,30H,7-8,10-13,15H2,1-5H3. The zero-order chi connectivity index (χ0) is 21.8. The van der Waals surface area contributed by atoms with Crippen molar-refractivity contribution in [1.29, 1.82) is 0 Å². The van der Waals surface area contributed by atoms with Gasteiger partial charge in [-0.2, -0.15) is 0 Å². The molecule has 4 aliphatic rings. The molecule has 8 unspecified atom stereocenters. The summed E-state index contributed by atoms with van der Waals surface area (Å²) in [6.07, 6.45) is 12.6. The van der Waals surface area contributed by atoms with Crippen LogP contribution in [0.5, 0.6) is 0 Å². The first-order chi connectivity index (χ1) is 14.1. The third-order valence-corrected chi connectivity index (χ3v) is 9.82. The summed E-state index contributed by atoms with van der Waals surface area (Å²) in [5, 5.41) is 11.0. The molecule has 3 heteroatoms. The van der Waals surface area contributed by atoms with Crippen LogP contribution in [-0.4, -0.2) is 22.8 Å². The lowest BCUT2D eigenvalue weighted by atomic mass is 9.46. The molecule has 0 spiro atoms. The monoisotopic (exact) mass is 412 g/mol. The molecule has 4 aliphatic carbocycles. The molecule has 0 aromatic heterocycles. The van der Waals surface area contributed by atoms with Crippen molar-refractivity contribution in [2.45, 2.75) is 85.7 Å². The summed E-state index contributed by atoms with van der Waals surface area (Å²) in [6.45, 7) is 11.0. The number of fused-ring (bicyclic) bond motifs is 5. The highest BCUT2D eigenvalue weighted by Gasteiger charge is 2.60. The zero-order valence-electron chi connectivity index (χ0n) is 19.5. The quantitative estimate of drug-likeness (QED) is 0.618. The van der Waals surface area contributed by atoms with Crippen molar-refractivity contribution in [3.05, 3.63) is 23.8 Å². The molecule has 0 radical (unpaired) electrons. The van der Waals surface area contributed by atoms with Gasteiger partial charge in [0.1, 0.15) is 0 Å². The lowest BCUT2D eigenvalue weighted by molar-refractivity contribution is -0.119. The first-order valence-corrected chi connectivity index (χ1v) is 12.2. The molecule has 1 N–H and O–H groups in total. The third-order valence-electron chi connectivity index (χ3n) is 9.82. The average molecular weight is 413 g/mol. The number of aliphatic hydroxyl groups excluding tert-OH is 1. The first-order valence-electron chi connectivity index (χ1n) is 12.2. The molecule has 0 heterocycles. The summed E-state index contributed by atoms with van der Waals surface area (Å²) in [5.74, 6) is 3.27. The molecule has 0 amide bonds. The second kappa shape index (κ2) is 7.73. The number of aliphatic hydroxyl groups is 1. The first kappa shape index (κ1) is 22.0. The molecular weight excluding hydrogens is 372 g/mol. The van der Waals surface area contributed by atoms with Gasteiger partial charge in [0.05, 0.1) is 6.10 Å². The molecule has 0 aliphatic heterocycles. The highest BCUT2D eigenvalue weighted by Crippen LogP contribution is 2.67. The van der Waals surface area contributed by atoms with E-state index in [0.29, 0.717) is 36.0 Å². The summed E-state index contributed by atoms with van der Waals surface area (Å²) >= 11 is 0. The Bertz CT molecular complexity index is 777. The lowest BCUT2D eigenvalue weighted by Crippen LogP contribution is -2.54. The van der Waals surface area contributed by atoms with Crippen molar-refractivity contribution >= 4 is 11.6 Å². The number of hydrogen-bond acceptors (Lipinski definition) is 3. The van der Waals surface area contributed by atoms with Gasteiger partial charge in [-0.3, -0.25) is 9.59 Å². The van der Waals surface area contributed by atoms with E-state index in [2.05, 4.69) is 26.8 Å². The van der Waals surface area contributed by atoms with Crippen LogP contribution in [0.25, 0.3) is 0 Å². The fourth-order valence-corrected chi connectivity index (χ4v) is 8.08. The van der Waals surface area contributed by atoms with E-state index < -0.39 is 6.10 Å². The highest BCUT2D eigenvalue weighted by molar-refractivity contribution is 5.92. The molecule has 3 fully saturated rings. The maximum atomic E-state index is 12.1. The molecule has 0 bridgehead atoms. The fourth-order valence-electron chi connectivity index (χ4n) is 8.08. The second-order valence-corrected chi connectivity index (χ2v) is 11.6. The molecule has 3 nitrogen and oxygen atoms in total. The van der Waals surface area contributed by atoms with Crippen molar-refractivity contribution in [1.82, 2.24) is 0 Å². The largest absolute Gasteiger partial charge is 0.389 e. The fraction of sp³-hybridized carbons (Fsp3) is 0.778. The second-order valence-electron chi connectivity index (χ2n) is 11.6. The predicted octanol–water partition coefficient (Wildman–Crippen LogP) is 5.52. The Kier molecular flexibility index (Phi) is 5.66. The molecule has 0 saturated heterocycles. The van der Waals surface area contributed by atoms with Gasteiger partial charge in [0.25, 0.3) is 0 Å². The van der Waals surface area contributed by atoms with E-state index >= 15 is 0 Å². The smallest absolute Gasteiger partial charge is 0.157 e. The molecule has 166 valence electrons. The molecular formula is C27H40O3. The Labute approximate surface area is 182 Å². The molecule has 0 aromatic carbocycles. The van der Waals surface area contributed by atoms with Crippen LogP contribution in [0.3, 0.4) is 0 Å². The van der Waals surface area contributed by atoms with Crippen molar-refractivity contribution in [3.8, 4) is 0 Å². The summed E-state index contributed by atoms with van der Waals surface area (Å²) in [4.78, 5) is 24.1. The highest BCUT2D eigenvalue weighted by atomic mass is 16.3. The van der Waals surface area contributed by atoms with Crippen LogP contribution in [0.2, 0.25) is 0 Å². The number of ketones is 2. The Morgan fingerprint density at radius 1 is 1.13 bits per heavy atom. The maximum Gasteiger partial charge on any atom is 0.157 e. The molecule has 4 rings (SSSR count). The normalized spacial score (nSPS) is 44.4. The number of hydrogen-bond donors (Lipinski definition) is 1. The van der Waals surface area contributed by atoms with E-state index in [0.717, 1.165) is 18.4 Å². The SMILES string of the molecule is CC(C)C(=O)C=CC(C)C1CCC2C3CC(O)C4=CC(=O)CCC4(C)C3CCC12C. The van der Waals surface area contributed by atoms with E-state index in [9.17, 15) is 14.7 Å². The molecule has 3 saturated carbocycles. The predicted molar refractivity (Wildman–Crippen MR) is 120 cm³/mol. The van der Waals surface area contributed by atoms with Gasteiger partial charge in [0.15, 0.2) is 11.6 Å². The summed E-state index contributed by atoms with van der Waals surface area (Å²) in [6, 6.07) is 0. The van der Waals surface area contributed by atoms with Crippen molar-refractivity contribution in [3.63, 3.8) is 0 Å². The van der Waals surface area contributed by atoms with Crippen LogP contribution in [0.1, 0.15) is 79.6 Å². The van der Waals surface area contributed by atoms with E-state index in [1.54, 1.807) is 6.08 Å². The van der Waals surface area contributed by atoms with Crippen LogP contribution < -0.4 is 0 Å². The van der Waals surface area contributed by atoms with Crippen molar-refractivity contribution in [2.75, 3.05) is 0 Å². The minimum Gasteiger partial charge on any atom is -0.389 e. The van der Waals surface area contributed by atoms with Crippen molar-refractivity contribution < 1.29 is 14.7 Å². The van der Waals surface area contributed by atoms with Crippen LogP contribution in [-0.2, 0) is 9.59 Å². The van der Waals surface area contributed by atoms with Gasteiger partial charge in [-0.05, 0) is 96.7 Å². The third kappa shape index (κ3) is 3.36. The van der Waals surface area contributed by atoms with Crippen LogP contribution in [0.4, 0.5) is 0 Å². The van der Waals surface area contributed by atoms with Gasteiger partial charge in [0, 0.05) is 12.3 Å². The lowest BCUT2D eigenvalue weighted by Gasteiger charge is -2.59. The van der Waals surface area contributed by atoms with Gasteiger partial charge < -0.3 is 5.11 Å². The number of carbonyl (C=O) groups is 2. The summed E-state index contributed by atoms with van der Waals surface area (Å²) in [5.41, 5.74) is 1.31. The van der Waals surface area contributed by atoms with E-state index in [4.69, 9.17) is 0 Å². The average Bonchev–Trinajstić information content (AvgIpc) is 3.04. The zero-order valence-corrected chi connectivity index (χ0v) is 19.5. The number of allylic oxidation sites excluding steroid dienone is 2. The Balaban J connectivity index is 1.57. The molecule has 30 heavy (non-hydrogen) atoms. The van der Waals surface area contributed by atoms with Gasteiger partial charge >= 0.3 is 0 Å². The van der Waals surface area contributed by atoms with Gasteiger partial charge in [-0.15, -0.1) is 0 Å². The molecule has 8 atom stereocenters. The Morgan fingerprint density at radius 3 is 2.57 bits per heavy atom. The van der Waals surface area contributed by atoms with Gasteiger partial charge in [-0.25, -0.2) is 0 Å². The van der Waals surface area contributed by atoms with E-state index in [1.807, 2.05) is 19.9 Å². The van der Waals surface area contributed by atoms with Crippen LogP contribution in [0.15, 0.2) is 23.8 Å². The molecule has 0 aromatic rings. The van der Waals surface area contributed by atoms with E-state index in [-0.39, 0.29) is 28.3 Å². The van der Waals surface area contributed by atoms with Crippen molar-refractivity contribution in [2.24, 2.45) is 46.3 Å². The summed E-state index contributed by atoms with van der Waals surface area (Å²) < 4.78 is 0. The number of rotatable bonds is 4. The topological polar surface area (TPSA) is 54.4 Å². The Hall–Kier alpha value is -1.22. The van der Waals surface area contributed by atoms with Crippen LogP contribution in [0, 0.1) is 46.3 Å². The maximum absolute atomic E-state index is 12.1. The minimum absolute atomic E-state index is 0.00907.